The minimum Gasteiger partial charge on any atom is -0.396 e. The van der Waals surface area contributed by atoms with Crippen molar-refractivity contribution < 1.29 is 8.82 Å². The van der Waals surface area contributed by atoms with E-state index in [0.717, 1.165) is 0 Å². The van der Waals surface area contributed by atoms with Gasteiger partial charge in [-0.2, -0.15) is 5.26 Å². The Hall–Kier alpha value is -0.893. The number of rotatable bonds is 4. The average molecular weight is 272 g/mol. The highest BCUT2D eigenvalue weighted by Crippen LogP contribution is 2.30. The number of nitrogens with zero attached hydrogens (tertiary/aromatic N) is 1. The van der Waals surface area contributed by atoms with Gasteiger partial charge in [-0.3, -0.25) is 0 Å². The molecule has 0 N–H and O–H groups in total. The maximum absolute atomic E-state index is 12.9. The highest BCUT2D eigenvalue weighted by Gasteiger charge is 2.37. The maximum atomic E-state index is 12.9. The van der Waals surface area contributed by atoms with Gasteiger partial charge in [0, 0.05) is 0 Å². The molecular formula is C12H15ClFNOSi. The smallest absolute Gasteiger partial charge is 0.186 e. The first-order valence-electron chi connectivity index (χ1n) is 5.26. The molecule has 0 aliphatic carbocycles. The fourth-order valence-corrected chi connectivity index (χ4v) is 3.16. The van der Waals surface area contributed by atoms with Crippen molar-refractivity contribution >= 4 is 19.9 Å². The molecular weight excluding hydrogens is 257 g/mol. The van der Waals surface area contributed by atoms with E-state index < -0.39 is 13.9 Å². The van der Waals surface area contributed by atoms with Crippen molar-refractivity contribution in [3.05, 3.63) is 35.6 Å². The lowest BCUT2D eigenvalue weighted by Gasteiger charge is -2.32. The molecule has 0 spiro atoms. The standard InChI is InChI=1S/C12H15ClFNOSi/c1-17(2,3)16-12(8-13,9-15)10-4-6-11(14)7-5-10/h4-7H,8H2,1-3H3/t12-/m1/s1. The first kappa shape index (κ1) is 14.2. The zero-order valence-electron chi connectivity index (χ0n) is 10.1. The van der Waals surface area contributed by atoms with Gasteiger partial charge in [0.25, 0.3) is 0 Å². The fourth-order valence-electron chi connectivity index (χ4n) is 1.52. The Morgan fingerprint density at radius 1 is 1.35 bits per heavy atom. The van der Waals surface area contributed by atoms with Gasteiger partial charge < -0.3 is 4.43 Å². The molecule has 1 rings (SSSR count). The van der Waals surface area contributed by atoms with E-state index in [4.69, 9.17) is 16.0 Å². The molecule has 0 heterocycles. The number of nitriles is 1. The fraction of sp³-hybridized carbons (Fsp3) is 0.417. The summed E-state index contributed by atoms with van der Waals surface area (Å²) in [6.45, 7) is 5.94. The van der Waals surface area contributed by atoms with Crippen LogP contribution in [0.15, 0.2) is 24.3 Å². The summed E-state index contributed by atoms with van der Waals surface area (Å²) in [5.41, 5.74) is -0.585. The molecule has 17 heavy (non-hydrogen) atoms. The van der Waals surface area contributed by atoms with Crippen LogP contribution in [0, 0.1) is 17.1 Å². The predicted octanol–water partition coefficient (Wildman–Crippen LogP) is 3.63. The number of hydrogen-bond acceptors (Lipinski definition) is 2. The summed E-state index contributed by atoms with van der Waals surface area (Å²) in [4.78, 5) is 0. The van der Waals surface area contributed by atoms with Crippen molar-refractivity contribution in [2.45, 2.75) is 25.2 Å². The lowest BCUT2D eigenvalue weighted by Crippen LogP contribution is -2.41. The van der Waals surface area contributed by atoms with Crippen molar-refractivity contribution in [3.8, 4) is 6.07 Å². The Balaban J connectivity index is 3.17. The van der Waals surface area contributed by atoms with Crippen LogP contribution >= 0.6 is 11.6 Å². The molecule has 0 saturated heterocycles. The van der Waals surface area contributed by atoms with Crippen LogP contribution in [0.4, 0.5) is 4.39 Å². The molecule has 1 atom stereocenters. The predicted molar refractivity (Wildman–Crippen MR) is 68.8 cm³/mol. The number of benzene rings is 1. The molecule has 1 aromatic carbocycles. The molecule has 0 saturated carbocycles. The van der Waals surface area contributed by atoms with Gasteiger partial charge in [-0.1, -0.05) is 12.1 Å². The van der Waals surface area contributed by atoms with Crippen LogP contribution in [-0.4, -0.2) is 14.2 Å². The second-order valence-corrected chi connectivity index (χ2v) is 9.49. The molecule has 0 aliphatic rings. The number of alkyl halides is 1. The lowest BCUT2D eigenvalue weighted by atomic mass is 9.98. The van der Waals surface area contributed by atoms with E-state index in [1.807, 2.05) is 19.6 Å². The van der Waals surface area contributed by atoms with Crippen LogP contribution in [0.3, 0.4) is 0 Å². The Morgan fingerprint density at radius 2 is 1.88 bits per heavy atom. The molecule has 1 aromatic rings. The van der Waals surface area contributed by atoms with E-state index in [1.54, 1.807) is 12.1 Å². The lowest BCUT2D eigenvalue weighted by molar-refractivity contribution is 0.144. The van der Waals surface area contributed by atoms with Crippen molar-refractivity contribution in [3.63, 3.8) is 0 Å². The van der Waals surface area contributed by atoms with Crippen molar-refractivity contribution in [1.29, 1.82) is 5.26 Å². The second kappa shape index (κ2) is 5.17. The largest absolute Gasteiger partial charge is 0.396 e. The van der Waals surface area contributed by atoms with Crippen LogP contribution in [-0.2, 0) is 10.0 Å². The Labute approximate surface area is 107 Å². The normalized spacial score (nSPS) is 15.1. The van der Waals surface area contributed by atoms with Gasteiger partial charge in [-0.15, -0.1) is 11.6 Å². The molecule has 0 bridgehead atoms. The van der Waals surface area contributed by atoms with Crippen LogP contribution in [0.1, 0.15) is 5.56 Å². The Kier molecular flexibility index (Phi) is 4.31. The summed E-state index contributed by atoms with van der Waals surface area (Å²) >= 11 is 5.89. The minimum absolute atomic E-state index is 0.0272. The summed E-state index contributed by atoms with van der Waals surface area (Å²) in [6.07, 6.45) is 0. The van der Waals surface area contributed by atoms with Gasteiger partial charge in [0.1, 0.15) is 11.9 Å². The molecule has 2 nitrogen and oxygen atoms in total. The monoisotopic (exact) mass is 271 g/mol. The second-order valence-electron chi connectivity index (χ2n) is 4.79. The van der Waals surface area contributed by atoms with Gasteiger partial charge in [-0.25, -0.2) is 4.39 Å². The third-order valence-corrected chi connectivity index (χ3v) is 3.50. The van der Waals surface area contributed by atoms with Gasteiger partial charge in [0.2, 0.25) is 0 Å². The molecule has 0 aromatic heterocycles. The van der Waals surface area contributed by atoms with E-state index in [-0.39, 0.29) is 11.7 Å². The van der Waals surface area contributed by atoms with Gasteiger partial charge in [0.05, 0.1) is 5.88 Å². The molecule has 0 unspecified atom stereocenters. The summed E-state index contributed by atoms with van der Waals surface area (Å²) < 4.78 is 18.7. The van der Waals surface area contributed by atoms with Crippen LogP contribution in [0.25, 0.3) is 0 Å². The van der Waals surface area contributed by atoms with E-state index >= 15 is 0 Å². The maximum Gasteiger partial charge on any atom is 0.186 e. The topological polar surface area (TPSA) is 33.0 Å². The van der Waals surface area contributed by atoms with Crippen molar-refractivity contribution in [2.24, 2.45) is 0 Å². The molecule has 0 amide bonds. The Morgan fingerprint density at radius 3 is 2.24 bits per heavy atom. The average Bonchev–Trinajstić information content (AvgIpc) is 2.26. The van der Waals surface area contributed by atoms with Crippen molar-refractivity contribution in [1.82, 2.24) is 0 Å². The molecule has 0 aliphatic heterocycles. The van der Waals surface area contributed by atoms with Gasteiger partial charge >= 0.3 is 0 Å². The quantitative estimate of drug-likeness (QED) is 0.619. The van der Waals surface area contributed by atoms with E-state index in [9.17, 15) is 9.65 Å². The summed E-state index contributed by atoms with van der Waals surface area (Å²) in [5.74, 6) is -0.317. The van der Waals surface area contributed by atoms with Crippen LogP contribution < -0.4 is 0 Å². The van der Waals surface area contributed by atoms with Crippen LogP contribution in [0.2, 0.25) is 19.6 Å². The summed E-state index contributed by atoms with van der Waals surface area (Å²) in [5, 5.41) is 9.33. The zero-order valence-corrected chi connectivity index (χ0v) is 11.9. The van der Waals surface area contributed by atoms with E-state index in [2.05, 4.69) is 6.07 Å². The SMILES string of the molecule is C[Si](C)(C)O[C@@](C#N)(CCl)c1ccc(F)cc1. The highest BCUT2D eigenvalue weighted by atomic mass is 35.5. The molecule has 0 fully saturated rings. The van der Waals surface area contributed by atoms with Crippen molar-refractivity contribution in [2.75, 3.05) is 5.88 Å². The van der Waals surface area contributed by atoms with Gasteiger partial charge in [0.15, 0.2) is 13.9 Å². The first-order valence-corrected chi connectivity index (χ1v) is 9.21. The number of hydrogen-bond donors (Lipinski definition) is 0. The highest BCUT2D eigenvalue weighted by molar-refractivity contribution is 6.69. The molecule has 0 radical (unpaired) electrons. The minimum atomic E-state index is -1.93. The van der Waals surface area contributed by atoms with Crippen LogP contribution in [0.5, 0.6) is 0 Å². The third-order valence-electron chi connectivity index (χ3n) is 2.16. The molecule has 5 heteroatoms. The Bertz CT molecular complexity index is 424. The zero-order chi connectivity index (χ0) is 13.1. The molecule has 92 valence electrons. The van der Waals surface area contributed by atoms with E-state index in [0.29, 0.717) is 5.56 Å². The summed E-state index contributed by atoms with van der Waals surface area (Å²) in [7, 11) is -1.93. The van der Waals surface area contributed by atoms with Gasteiger partial charge in [-0.05, 0) is 37.3 Å². The number of halogens is 2. The van der Waals surface area contributed by atoms with E-state index in [1.165, 1.54) is 12.1 Å². The third kappa shape index (κ3) is 3.53. The summed E-state index contributed by atoms with van der Waals surface area (Å²) in [6, 6.07) is 7.82. The first-order chi connectivity index (χ1) is 7.83.